The third-order valence-corrected chi connectivity index (χ3v) is 2.37. The highest BCUT2D eigenvalue weighted by Crippen LogP contribution is 2.15. The average molecular weight is 243 g/mol. The maximum Gasteiger partial charge on any atom is 0.332 e. The second-order valence-corrected chi connectivity index (χ2v) is 3.61. The van der Waals surface area contributed by atoms with Crippen molar-refractivity contribution in [2.45, 2.75) is 13.3 Å². The molecule has 0 aromatic heterocycles. The predicted molar refractivity (Wildman–Crippen MR) is 62.6 cm³/mol. The van der Waals surface area contributed by atoms with Crippen molar-refractivity contribution < 1.29 is 14.3 Å². The molecule has 1 rings (SSSR count). The Morgan fingerprint density at radius 2 is 2.12 bits per heavy atom. The van der Waals surface area contributed by atoms with E-state index in [4.69, 9.17) is 21.1 Å². The third kappa shape index (κ3) is 4.64. The first-order valence-electron chi connectivity index (χ1n) is 5.20. The Morgan fingerprint density at radius 3 is 2.81 bits per heavy atom. The lowest BCUT2D eigenvalue weighted by Gasteiger charge is -2.05. The van der Waals surface area contributed by atoms with Crippen LogP contribution in [0.3, 0.4) is 0 Å². The molecule has 0 fully saturated rings. The van der Waals surface area contributed by atoms with Crippen LogP contribution < -0.4 is 0 Å². The van der Waals surface area contributed by atoms with E-state index >= 15 is 0 Å². The van der Waals surface area contributed by atoms with Gasteiger partial charge in [0, 0.05) is 5.02 Å². The Labute approximate surface area is 100 Å². The zero-order valence-electron chi connectivity index (χ0n) is 9.24. The Hall–Kier alpha value is -1.06. The number of hydrogen-bond acceptors (Lipinski definition) is 3. The molecule has 0 N–H and O–H groups in total. The summed E-state index contributed by atoms with van der Waals surface area (Å²) in [6.45, 7) is 2.61. The number of carbonyl (C=O) groups excluding carboxylic acids is 1. The molecule has 0 heterocycles. The van der Waals surface area contributed by atoms with E-state index in [1.807, 2.05) is 24.3 Å². The van der Waals surface area contributed by atoms with Crippen LogP contribution in [0.2, 0.25) is 5.02 Å². The molecule has 16 heavy (non-hydrogen) atoms. The summed E-state index contributed by atoms with van der Waals surface area (Å²) in [6.07, 6.45) is 0.694. The quantitative estimate of drug-likeness (QED) is 0.568. The van der Waals surface area contributed by atoms with Gasteiger partial charge in [0.05, 0.1) is 13.2 Å². The topological polar surface area (TPSA) is 35.5 Å². The summed E-state index contributed by atoms with van der Waals surface area (Å²) in [5.74, 6) is -0.332. The van der Waals surface area contributed by atoms with E-state index < -0.39 is 0 Å². The smallest absolute Gasteiger partial charge is 0.332 e. The van der Waals surface area contributed by atoms with Gasteiger partial charge in [-0.3, -0.25) is 0 Å². The Morgan fingerprint density at radius 1 is 1.38 bits per heavy atom. The first-order chi connectivity index (χ1) is 7.74. The van der Waals surface area contributed by atoms with Crippen LogP contribution in [-0.4, -0.2) is 25.8 Å². The molecule has 0 amide bonds. The van der Waals surface area contributed by atoms with Gasteiger partial charge in [0.15, 0.2) is 0 Å². The molecule has 4 heteroatoms. The van der Waals surface area contributed by atoms with Crippen LogP contribution in [0.1, 0.15) is 12.5 Å². The lowest BCUT2D eigenvalue weighted by molar-refractivity contribution is -0.148. The highest BCUT2D eigenvalue weighted by Gasteiger charge is 2.02. The molecule has 1 aromatic rings. The summed E-state index contributed by atoms with van der Waals surface area (Å²) in [4.78, 5) is 10.9. The molecule has 0 unspecified atom stereocenters. The van der Waals surface area contributed by atoms with Crippen molar-refractivity contribution in [2.75, 3.05) is 19.8 Å². The van der Waals surface area contributed by atoms with Crippen molar-refractivity contribution in [1.29, 1.82) is 0 Å². The summed E-state index contributed by atoms with van der Waals surface area (Å²) >= 11 is 5.97. The molecule has 0 aliphatic carbocycles. The zero-order chi connectivity index (χ0) is 11.8. The van der Waals surface area contributed by atoms with Gasteiger partial charge in [0.2, 0.25) is 0 Å². The third-order valence-electron chi connectivity index (χ3n) is 2.00. The number of halogens is 1. The second-order valence-electron chi connectivity index (χ2n) is 3.20. The van der Waals surface area contributed by atoms with Crippen LogP contribution in [0.5, 0.6) is 0 Å². The van der Waals surface area contributed by atoms with Gasteiger partial charge in [-0.15, -0.1) is 0 Å². The standard InChI is InChI=1S/C12H15ClO3/c1-2-16-12(14)9-15-8-7-10-5-3-4-6-11(10)13/h3-6H,2,7-9H2,1H3. The lowest BCUT2D eigenvalue weighted by atomic mass is 10.2. The normalized spacial score (nSPS) is 10.1. The molecule has 0 aliphatic rings. The molecule has 1 aromatic carbocycles. The lowest BCUT2D eigenvalue weighted by Crippen LogP contribution is -2.13. The van der Waals surface area contributed by atoms with Crippen LogP contribution in [-0.2, 0) is 20.7 Å². The number of ether oxygens (including phenoxy) is 2. The van der Waals surface area contributed by atoms with Crippen LogP contribution in [0.15, 0.2) is 24.3 Å². The van der Waals surface area contributed by atoms with Crippen molar-refractivity contribution in [3.8, 4) is 0 Å². The second kappa shape index (κ2) is 7.25. The number of esters is 1. The summed E-state index contributed by atoms with van der Waals surface area (Å²) in [6, 6.07) is 7.58. The van der Waals surface area contributed by atoms with Gasteiger partial charge in [-0.25, -0.2) is 4.79 Å². The molecular formula is C12H15ClO3. The maximum absolute atomic E-state index is 10.9. The van der Waals surface area contributed by atoms with Crippen molar-refractivity contribution >= 4 is 17.6 Å². The maximum atomic E-state index is 10.9. The Bertz CT molecular complexity index is 339. The molecule has 0 saturated carbocycles. The zero-order valence-corrected chi connectivity index (χ0v) is 10.00. The Balaban J connectivity index is 2.21. The molecule has 88 valence electrons. The highest BCUT2D eigenvalue weighted by molar-refractivity contribution is 6.31. The summed E-state index contributed by atoms with van der Waals surface area (Å²) in [5.41, 5.74) is 1.02. The van der Waals surface area contributed by atoms with E-state index in [0.717, 1.165) is 10.6 Å². The number of hydrogen-bond donors (Lipinski definition) is 0. The van der Waals surface area contributed by atoms with Gasteiger partial charge in [-0.2, -0.15) is 0 Å². The molecule has 0 aliphatic heterocycles. The van der Waals surface area contributed by atoms with Gasteiger partial charge in [-0.05, 0) is 25.0 Å². The summed E-state index contributed by atoms with van der Waals surface area (Å²) < 4.78 is 9.90. The van der Waals surface area contributed by atoms with Crippen molar-refractivity contribution in [3.05, 3.63) is 34.9 Å². The molecule has 0 radical (unpaired) electrons. The van der Waals surface area contributed by atoms with Crippen molar-refractivity contribution in [3.63, 3.8) is 0 Å². The van der Waals surface area contributed by atoms with Gasteiger partial charge in [-0.1, -0.05) is 29.8 Å². The Kier molecular flexibility index (Phi) is 5.90. The largest absolute Gasteiger partial charge is 0.464 e. The predicted octanol–water partition coefficient (Wildman–Crippen LogP) is 2.46. The van der Waals surface area contributed by atoms with Crippen LogP contribution in [0.25, 0.3) is 0 Å². The fourth-order valence-electron chi connectivity index (χ4n) is 1.24. The number of benzene rings is 1. The van der Waals surface area contributed by atoms with E-state index in [2.05, 4.69) is 0 Å². The minimum absolute atomic E-state index is 0.00169. The molecule has 0 bridgehead atoms. The first kappa shape index (κ1) is 13.0. The summed E-state index contributed by atoms with van der Waals surface area (Å²) in [7, 11) is 0. The minimum Gasteiger partial charge on any atom is -0.464 e. The molecule has 0 saturated heterocycles. The summed E-state index contributed by atoms with van der Waals surface area (Å²) in [5, 5.41) is 0.724. The van der Waals surface area contributed by atoms with E-state index in [9.17, 15) is 4.79 Å². The first-order valence-corrected chi connectivity index (χ1v) is 5.58. The molecule has 0 atom stereocenters. The van der Waals surface area contributed by atoms with Gasteiger partial charge < -0.3 is 9.47 Å². The van der Waals surface area contributed by atoms with Crippen molar-refractivity contribution in [1.82, 2.24) is 0 Å². The SMILES string of the molecule is CCOC(=O)COCCc1ccccc1Cl. The van der Waals surface area contributed by atoms with E-state index in [-0.39, 0.29) is 12.6 Å². The minimum atomic E-state index is -0.332. The van der Waals surface area contributed by atoms with Gasteiger partial charge in [0.1, 0.15) is 6.61 Å². The van der Waals surface area contributed by atoms with Crippen LogP contribution in [0, 0.1) is 0 Å². The van der Waals surface area contributed by atoms with Crippen LogP contribution in [0.4, 0.5) is 0 Å². The molecule has 3 nitrogen and oxygen atoms in total. The number of carbonyl (C=O) groups is 1. The monoisotopic (exact) mass is 242 g/mol. The molecular weight excluding hydrogens is 228 g/mol. The average Bonchev–Trinajstić information content (AvgIpc) is 2.27. The highest BCUT2D eigenvalue weighted by atomic mass is 35.5. The van der Waals surface area contributed by atoms with E-state index in [0.29, 0.717) is 19.6 Å². The van der Waals surface area contributed by atoms with E-state index in [1.54, 1.807) is 6.92 Å². The fraction of sp³-hybridized carbons (Fsp3) is 0.417. The molecule has 0 spiro atoms. The van der Waals surface area contributed by atoms with E-state index in [1.165, 1.54) is 0 Å². The fourth-order valence-corrected chi connectivity index (χ4v) is 1.47. The number of rotatable bonds is 6. The van der Waals surface area contributed by atoms with Gasteiger partial charge in [0.25, 0.3) is 0 Å². The van der Waals surface area contributed by atoms with Crippen LogP contribution >= 0.6 is 11.6 Å². The van der Waals surface area contributed by atoms with Gasteiger partial charge >= 0.3 is 5.97 Å². The van der Waals surface area contributed by atoms with Crippen molar-refractivity contribution in [2.24, 2.45) is 0 Å².